The average molecular weight is 296 g/mol. The average Bonchev–Trinajstić information content (AvgIpc) is 2.89. The van der Waals surface area contributed by atoms with Gasteiger partial charge in [-0.2, -0.15) is 0 Å². The molecule has 1 heterocycles. The van der Waals surface area contributed by atoms with Crippen LogP contribution in [0, 0.1) is 0 Å². The van der Waals surface area contributed by atoms with Crippen molar-refractivity contribution in [3.63, 3.8) is 0 Å². The number of hydrogen-bond donors (Lipinski definition) is 3. The highest BCUT2D eigenvalue weighted by Crippen LogP contribution is 2.15. The minimum absolute atomic E-state index is 0.0766. The maximum absolute atomic E-state index is 11.1. The first-order valence-electron chi connectivity index (χ1n) is 6.01. The predicted octanol–water partition coefficient (Wildman–Crippen LogP) is 0.750. The summed E-state index contributed by atoms with van der Waals surface area (Å²) < 4.78 is 27.3. The molecule has 0 aliphatic carbocycles. The van der Waals surface area contributed by atoms with Gasteiger partial charge < -0.3 is 14.8 Å². The van der Waals surface area contributed by atoms with E-state index in [4.69, 9.17) is 9.56 Å². The maximum atomic E-state index is 11.1. The van der Waals surface area contributed by atoms with E-state index in [9.17, 15) is 13.5 Å². The second kappa shape index (κ2) is 6.19. The molecule has 4 N–H and O–H groups in total. The molecule has 0 fully saturated rings. The molecular formula is C13H16N2O4S. The van der Waals surface area contributed by atoms with Gasteiger partial charge >= 0.3 is 0 Å². The second-order valence-electron chi connectivity index (χ2n) is 4.29. The van der Waals surface area contributed by atoms with Crippen molar-refractivity contribution in [2.45, 2.75) is 17.7 Å². The molecule has 2 rings (SSSR count). The van der Waals surface area contributed by atoms with E-state index in [-0.39, 0.29) is 24.3 Å². The molecule has 0 amide bonds. The van der Waals surface area contributed by atoms with Crippen molar-refractivity contribution in [1.82, 2.24) is 5.32 Å². The van der Waals surface area contributed by atoms with Gasteiger partial charge in [-0.25, -0.2) is 13.6 Å². The molecule has 2 aromatic rings. The number of sulfonamides is 1. The summed E-state index contributed by atoms with van der Waals surface area (Å²) in [6.07, 6.45) is 0. The topological polar surface area (TPSA) is 106 Å². The monoisotopic (exact) mass is 296 g/mol. The van der Waals surface area contributed by atoms with E-state index in [1.807, 2.05) is 30.3 Å². The molecule has 0 aliphatic heterocycles. The van der Waals surface area contributed by atoms with Crippen molar-refractivity contribution in [2.75, 3.05) is 6.61 Å². The highest BCUT2D eigenvalue weighted by molar-refractivity contribution is 7.89. The second-order valence-corrected chi connectivity index (χ2v) is 5.78. The van der Waals surface area contributed by atoms with Crippen molar-refractivity contribution in [3.8, 4) is 0 Å². The molecule has 7 heteroatoms. The number of rotatable bonds is 6. The first-order chi connectivity index (χ1) is 9.50. The fraction of sp³-hybridized carbons (Fsp3) is 0.231. The van der Waals surface area contributed by atoms with Gasteiger partial charge in [0.05, 0.1) is 19.2 Å². The van der Waals surface area contributed by atoms with Crippen LogP contribution in [0.5, 0.6) is 0 Å². The number of hydrogen-bond acceptors (Lipinski definition) is 5. The molecule has 1 unspecified atom stereocenters. The quantitative estimate of drug-likeness (QED) is 0.729. The Morgan fingerprint density at radius 2 is 1.90 bits per heavy atom. The lowest BCUT2D eigenvalue weighted by atomic mass is 10.1. The predicted molar refractivity (Wildman–Crippen MR) is 73.2 cm³/mol. The lowest BCUT2D eigenvalue weighted by molar-refractivity contribution is 0.239. The van der Waals surface area contributed by atoms with Crippen LogP contribution >= 0.6 is 0 Å². The minimum Gasteiger partial charge on any atom is -0.447 e. The molecule has 20 heavy (non-hydrogen) atoms. The highest BCUT2D eigenvalue weighted by Gasteiger charge is 2.14. The third-order valence-electron chi connectivity index (χ3n) is 2.82. The maximum Gasteiger partial charge on any atom is 0.271 e. The molecule has 0 radical (unpaired) electrons. The minimum atomic E-state index is -3.82. The van der Waals surface area contributed by atoms with E-state index >= 15 is 0 Å². The fourth-order valence-electron chi connectivity index (χ4n) is 1.80. The van der Waals surface area contributed by atoms with Gasteiger partial charge in [-0.15, -0.1) is 0 Å². The van der Waals surface area contributed by atoms with E-state index in [2.05, 4.69) is 5.32 Å². The molecule has 0 saturated carbocycles. The summed E-state index contributed by atoms with van der Waals surface area (Å²) in [6.45, 7) is 0.211. The van der Waals surface area contributed by atoms with Crippen LogP contribution in [0.3, 0.4) is 0 Å². The van der Waals surface area contributed by atoms with Gasteiger partial charge in [-0.3, -0.25) is 0 Å². The largest absolute Gasteiger partial charge is 0.447 e. The van der Waals surface area contributed by atoms with Crippen LogP contribution in [0.15, 0.2) is 52.0 Å². The Balaban J connectivity index is 2.02. The van der Waals surface area contributed by atoms with E-state index in [1.54, 1.807) is 0 Å². The first-order valence-corrected chi connectivity index (χ1v) is 7.56. The van der Waals surface area contributed by atoms with Crippen LogP contribution in [0.4, 0.5) is 0 Å². The third-order valence-corrected chi connectivity index (χ3v) is 3.60. The van der Waals surface area contributed by atoms with Crippen LogP contribution in [0.25, 0.3) is 0 Å². The summed E-state index contributed by atoms with van der Waals surface area (Å²) in [5.74, 6) is 0.434. The molecule has 1 aromatic carbocycles. The number of nitrogens with two attached hydrogens (primary N) is 1. The Morgan fingerprint density at radius 3 is 2.45 bits per heavy atom. The molecule has 0 spiro atoms. The van der Waals surface area contributed by atoms with Gasteiger partial charge in [-0.1, -0.05) is 30.3 Å². The van der Waals surface area contributed by atoms with Gasteiger partial charge in [0.2, 0.25) is 5.09 Å². The van der Waals surface area contributed by atoms with Crippen LogP contribution < -0.4 is 10.5 Å². The number of nitrogens with one attached hydrogen (secondary N) is 1. The van der Waals surface area contributed by atoms with Gasteiger partial charge in [-0.05, 0) is 17.7 Å². The lowest BCUT2D eigenvalue weighted by Crippen LogP contribution is -2.23. The van der Waals surface area contributed by atoms with Crippen molar-refractivity contribution in [1.29, 1.82) is 0 Å². The zero-order valence-electron chi connectivity index (χ0n) is 10.7. The summed E-state index contributed by atoms with van der Waals surface area (Å²) in [5.41, 5.74) is 0.938. The zero-order valence-corrected chi connectivity index (χ0v) is 11.5. The van der Waals surface area contributed by atoms with Crippen LogP contribution in [0.1, 0.15) is 17.4 Å². The molecule has 108 valence electrons. The Hall–Kier alpha value is -1.67. The SMILES string of the molecule is NS(=O)(=O)c1ccc(CNC(CO)c2ccccc2)o1. The summed E-state index contributed by atoms with van der Waals surface area (Å²) >= 11 is 0. The Labute approximate surface area is 117 Å². The molecule has 1 atom stereocenters. The van der Waals surface area contributed by atoms with Crippen LogP contribution in [-0.2, 0) is 16.6 Å². The van der Waals surface area contributed by atoms with E-state index < -0.39 is 10.0 Å². The number of aliphatic hydroxyl groups excluding tert-OH is 1. The fourth-order valence-corrected chi connectivity index (χ4v) is 2.28. The van der Waals surface area contributed by atoms with Crippen LogP contribution in [-0.4, -0.2) is 20.1 Å². The molecule has 6 nitrogen and oxygen atoms in total. The Bertz CT molecular complexity index is 652. The molecule has 0 aliphatic rings. The number of furan rings is 1. The number of benzene rings is 1. The highest BCUT2D eigenvalue weighted by atomic mass is 32.2. The normalized spacial score (nSPS) is 13.3. The van der Waals surface area contributed by atoms with E-state index in [1.165, 1.54) is 12.1 Å². The van der Waals surface area contributed by atoms with Crippen molar-refractivity contribution < 1.29 is 17.9 Å². The lowest BCUT2D eigenvalue weighted by Gasteiger charge is -2.15. The smallest absolute Gasteiger partial charge is 0.271 e. The zero-order chi connectivity index (χ0) is 14.6. The van der Waals surface area contributed by atoms with Crippen molar-refractivity contribution in [3.05, 3.63) is 53.8 Å². The number of aliphatic hydroxyl groups is 1. The molecule has 0 saturated heterocycles. The van der Waals surface area contributed by atoms with Gasteiger partial charge in [0.1, 0.15) is 5.76 Å². The molecule has 1 aromatic heterocycles. The summed E-state index contributed by atoms with van der Waals surface area (Å²) in [7, 11) is -3.82. The third kappa shape index (κ3) is 3.67. The van der Waals surface area contributed by atoms with Gasteiger partial charge in [0, 0.05) is 0 Å². The summed E-state index contributed by atoms with van der Waals surface area (Å²) in [4.78, 5) is 0. The van der Waals surface area contributed by atoms with Crippen molar-refractivity contribution >= 4 is 10.0 Å². The van der Waals surface area contributed by atoms with Gasteiger partial charge in [0.25, 0.3) is 10.0 Å². The summed E-state index contributed by atoms with van der Waals surface area (Å²) in [5, 5.41) is 17.2. The van der Waals surface area contributed by atoms with E-state index in [0.29, 0.717) is 5.76 Å². The molecular weight excluding hydrogens is 280 g/mol. The standard InChI is InChI=1S/C13H16N2O4S/c14-20(17,18)13-7-6-11(19-13)8-15-12(9-16)10-4-2-1-3-5-10/h1-7,12,15-16H,8-9H2,(H2,14,17,18). The Morgan fingerprint density at radius 1 is 1.20 bits per heavy atom. The first kappa shape index (κ1) is 14.7. The van der Waals surface area contributed by atoms with Crippen molar-refractivity contribution in [2.24, 2.45) is 5.14 Å². The number of primary sulfonamides is 1. The van der Waals surface area contributed by atoms with E-state index in [0.717, 1.165) is 5.56 Å². The molecule has 0 bridgehead atoms. The summed E-state index contributed by atoms with van der Waals surface area (Å²) in [6, 6.07) is 12.0. The van der Waals surface area contributed by atoms with Gasteiger partial charge in [0.15, 0.2) is 0 Å². The van der Waals surface area contributed by atoms with Crippen LogP contribution in [0.2, 0.25) is 0 Å². The Kier molecular flexibility index (Phi) is 4.56.